The zero-order valence-electron chi connectivity index (χ0n) is 16.6. The van der Waals surface area contributed by atoms with Gasteiger partial charge in [-0.1, -0.05) is 24.3 Å². The van der Waals surface area contributed by atoms with E-state index >= 15 is 0 Å². The summed E-state index contributed by atoms with van der Waals surface area (Å²) >= 11 is 0. The first-order valence-corrected chi connectivity index (χ1v) is 8.66. The van der Waals surface area contributed by atoms with E-state index in [0.717, 1.165) is 0 Å². The van der Waals surface area contributed by atoms with Crippen LogP contribution >= 0.6 is 0 Å². The molecule has 2 aromatic rings. The molecule has 5 heteroatoms. The van der Waals surface area contributed by atoms with E-state index in [1.54, 1.807) is 48.5 Å². The summed E-state index contributed by atoms with van der Waals surface area (Å²) in [6.45, 7) is 0. The van der Waals surface area contributed by atoms with Gasteiger partial charge in [-0.15, -0.1) is 0 Å². The van der Waals surface area contributed by atoms with E-state index in [4.69, 9.17) is 19.7 Å². The SMILES string of the molecule is COc1ccccc1O.COc1ccccc1O.[CH]1[CH][CH][CH][CH]1.[CH]1[CH][CH][CH][CH]1.[Zr+2]. The molecule has 0 amide bonds. The summed E-state index contributed by atoms with van der Waals surface area (Å²) in [6, 6.07) is 13.7. The molecule has 0 bridgehead atoms. The molecule has 2 N–H and O–H groups in total. The van der Waals surface area contributed by atoms with Gasteiger partial charge in [0.1, 0.15) is 0 Å². The Morgan fingerprint density at radius 2 is 0.724 bits per heavy atom. The van der Waals surface area contributed by atoms with Crippen LogP contribution in [0.5, 0.6) is 23.0 Å². The molecule has 0 atom stereocenters. The summed E-state index contributed by atoms with van der Waals surface area (Å²) in [4.78, 5) is 0. The van der Waals surface area contributed by atoms with Crippen LogP contribution < -0.4 is 9.47 Å². The summed E-state index contributed by atoms with van der Waals surface area (Å²) in [6.07, 6.45) is 20.0. The third-order valence-electron chi connectivity index (χ3n) is 3.28. The van der Waals surface area contributed by atoms with Crippen molar-refractivity contribution in [2.75, 3.05) is 14.2 Å². The number of aromatic hydroxyl groups is 2. The summed E-state index contributed by atoms with van der Waals surface area (Å²) in [5, 5.41) is 18.0. The first-order chi connectivity index (χ1) is 13.7. The van der Waals surface area contributed by atoms with Crippen LogP contribution in [0, 0.1) is 64.2 Å². The number of methoxy groups -OCH3 is 2. The van der Waals surface area contributed by atoms with Crippen molar-refractivity contribution >= 4 is 0 Å². The first kappa shape index (κ1) is 27.5. The van der Waals surface area contributed by atoms with Crippen LogP contribution in [-0.2, 0) is 26.2 Å². The Labute approximate surface area is 195 Å². The molecule has 4 nitrogen and oxygen atoms in total. The molecule has 0 spiro atoms. The molecule has 148 valence electrons. The Morgan fingerprint density at radius 1 is 0.483 bits per heavy atom. The topological polar surface area (TPSA) is 58.9 Å². The number of benzene rings is 2. The van der Waals surface area contributed by atoms with Crippen molar-refractivity contribution in [3.8, 4) is 23.0 Å². The Bertz CT molecular complexity index is 555. The number of ether oxygens (including phenoxy) is 2. The smallest absolute Gasteiger partial charge is 0.504 e. The van der Waals surface area contributed by atoms with Gasteiger partial charge in [0.05, 0.1) is 14.2 Å². The van der Waals surface area contributed by atoms with Crippen molar-refractivity contribution in [1.29, 1.82) is 0 Å². The Morgan fingerprint density at radius 3 is 0.897 bits per heavy atom. The summed E-state index contributed by atoms with van der Waals surface area (Å²) < 4.78 is 9.59. The largest absolute Gasteiger partial charge is 2.00 e. The Hall–Kier alpha value is -1.48. The zero-order valence-corrected chi connectivity index (χ0v) is 19.1. The van der Waals surface area contributed by atoms with Gasteiger partial charge < -0.3 is 19.7 Å². The number of rotatable bonds is 2. The van der Waals surface area contributed by atoms with Crippen LogP contribution in [-0.4, -0.2) is 24.4 Å². The van der Waals surface area contributed by atoms with Crippen LogP contribution in [0.25, 0.3) is 0 Å². The molecule has 4 rings (SSSR count). The van der Waals surface area contributed by atoms with E-state index in [-0.39, 0.29) is 37.7 Å². The molecule has 2 aliphatic carbocycles. The first-order valence-electron chi connectivity index (χ1n) is 8.66. The van der Waals surface area contributed by atoms with Gasteiger partial charge in [0, 0.05) is 0 Å². The molecule has 0 unspecified atom stereocenters. The molecule has 2 aromatic carbocycles. The molecule has 2 saturated carbocycles. The molecule has 0 saturated heterocycles. The molecular weight excluding hydrogens is 443 g/mol. The van der Waals surface area contributed by atoms with Gasteiger partial charge in [0.15, 0.2) is 23.0 Å². The van der Waals surface area contributed by atoms with E-state index in [0.29, 0.717) is 11.5 Å². The van der Waals surface area contributed by atoms with Gasteiger partial charge in [-0.2, -0.15) is 0 Å². The number of hydrogen-bond acceptors (Lipinski definition) is 4. The second-order valence-corrected chi connectivity index (χ2v) is 5.27. The van der Waals surface area contributed by atoms with E-state index in [9.17, 15) is 0 Å². The predicted octanol–water partition coefficient (Wildman–Crippen LogP) is 4.84. The third kappa shape index (κ3) is 13.4. The Balaban J connectivity index is 0.000000369. The molecule has 0 heterocycles. The van der Waals surface area contributed by atoms with E-state index in [2.05, 4.69) is 0 Å². The number of phenols is 2. The van der Waals surface area contributed by atoms with E-state index in [1.165, 1.54) is 14.2 Å². The third-order valence-corrected chi connectivity index (χ3v) is 3.28. The number of para-hydroxylation sites is 4. The average Bonchev–Trinajstić information content (AvgIpc) is 3.48. The minimum absolute atomic E-state index is 0. The van der Waals surface area contributed by atoms with Crippen molar-refractivity contribution in [2.45, 2.75) is 0 Å². The summed E-state index contributed by atoms with van der Waals surface area (Å²) in [7, 11) is 3.05. The fraction of sp³-hybridized carbons (Fsp3) is 0.0833. The van der Waals surface area contributed by atoms with Crippen molar-refractivity contribution < 1.29 is 45.9 Å². The molecule has 10 radical (unpaired) electrons. The number of phenolic OH excluding ortho intramolecular Hbond substituents is 2. The fourth-order valence-corrected chi connectivity index (χ4v) is 1.90. The van der Waals surface area contributed by atoms with Crippen LogP contribution in [0.4, 0.5) is 0 Å². The van der Waals surface area contributed by atoms with Crippen LogP contribution in [0.2, 0.25) is 0 Å². The quantitative estimate of drug-likeness (QED) is 0.661. The van der Waals surface area contributed by atoms with Crippen molar-refractivity contribution in [1.82, 2.24) is 0 Å². The Kier molecular flexibility index (Phi) is 17.6. The van der Waals surface area contributed by atoms with Gasteiger partial charge in [-0.3, -0.25) is 0 Å². The van der Waals surface area contributed by atoms with Gasteiger partial charge >= 0.3 is 26.2 Å². The van der Waals surface area contributed by atoms with Gasteiger partial charge in [0.25, 0.3) is 0 Å². The molecule has 2 fully saturated rings. The second-order valence-electron chi connectivity index (χ2n) is 5.27. The van der Waals surface area contributed by atoms with Crippen LogP contribution in [0.3, 0.4) is 0 Å². The summed E-state index contributed by atoms with van der Waals surface area (Å²) in [5.74, 6) is 1.38. The fourth-order valence-electron chi connectivity index (χ4n) is 1.90. The normalized spacial score (nSPS) is 13.9. The maximum absolute atomic E-state index is 8.99. The van der Waals surface area contributed by atoms with E-state index in [1.807, 2.05) is 64.2 Å². The maximum Gasteiger partial charge on any atom is 2.00 e. The van der Waals surface area contributed by atoms with Gasteiger partial charge in [-0.05, 0) is 88.5 Å². The van der Waals surface area contributed by atoms with Crippen molar-refractivity contribution in [3.05, 3.63) is 113 Å². The summed E-state index contributed by atoms with van der Waals surface area (Å²) in [5.41, 5.74) is 0. The average molecular weight is 470 g/mol. The minimum atomic E-state index is 0. The van der Waals surface area contributed by atoms with Crippen LogP contribution in [0.15, 0.2) is 48.5 Å². The maximum atomic E-state index is 8.99. The second kappa shape index (κ2) is 18.5. The zero-order chi connectivity index (χ0) is 20.5. The standard InChI is InChI=1S/2C7H8O2.2C5H5.Zr/c2*1-9-7-5-3-2-4-6(7)8;2*1-2-4-5-3-1;/h2*2-5,8H,1H3;2*1-5H;/q;;;;+2. The molecule has 0 aromatic heterocycles. The molecule has 0 aliphatic heterocycles. The van der Waals surface area contributed by atoms with Crippen molar-refractivity contribution in [2.24, 2.45) is 0 Å². The molecule has 2 aliphatic rings. The van der Waals surface area contributed by atoms with Crippen molar-refractivity contribution in [3.63, 3.8) is 0 Å². The predicted molar refractivity (Wildman–Crippen MR) is 112 cm³/mol. The molecule has 29 heavy (non-hydrogen) atoms. The molecular formula is C24H26O4Zr+2. The van der Waals surface area contributed by atoms with E-state index < -0.39 is 0 Å². The van der Waals surface area contributed by atoms with Gasteiger partial charge in [-0.25, -0.2) is 0 Å². The van der Waals surface area contributed by atoms with Crippen LogP contribution in [0.1, 0.15) is 0 Å². The minimum Gasteiger partial charge on any atom is -0.504 e. The monoisotopic (exact) mass is 468 g/mol. The number of hydrogen-bond donors (Lipinski definition) is 2. The van der Waals surface area contributed by atoms with Gasteiger partial charge in [0.2, 0.25) is 0 Å².